The van der Waals surface area contributed by atoms with E-state index in [0.717, 1.165) is 10.6 Å². The zero-order valence-corrected chi connectivity index (χ0v) is 12.0. The maximum absolute atomic E-state index is 9.79. The fourth-order valence-corrected chi connectivity index (χ4v) is 2.41. The summed E-state index contributed by atoms with van der Waals surface area (Å²) in [6, 6.07) is 11.4. The highest BCUT2D eigenvalue weighted by molar-refractivity contribution is 7.09. The van der Waals surface area contributed by atoms with Crippen LogP contribution in [0.4, 0.5) is 5.69 Å². The highest BCUT2D eigenvalue weighted by atomic mass is 35.5. The molecule has 0 radical (unpaired) electrons. The van der Waals surface area contributed by atoms with E-state index in [1.807, 2.05) is 41.8 Å². The Morgan fingerprint density at radius 1 is 1.32 bits per heavy atom. The van der Waals surface area contributed by atoms with E-state index in [-0.39, 0.29) is 0 Å². The van der Waals surface area contributed by atoms with Crippen LogP contribution >= 0.6 is 22.9 Å². The lowest BCUT2D eigenvalue weighted by atomic mass is 10.3. The minimum Gasteiger partial charge on any atom is -0.389 e. The molecule has 19 heavy (non-hydrogen) atoms. The molecule has 0 saturated heterocycles. The van der Waals surface area contributed by atoms with Crippen molar-refractivity contribution in [3.05, 3.63) is 51.7 Å². The van der Waals surface area contributed by atoms with E-state index in [0.29, 0.717) is 24.8 Å². The fourth-order valence-electron chi connectivity index (χ4n) is 1.58. The van der Waals surface area contributed by atoms with Gasteiger partial charge in [0.15, 0.2) is 0 Å². The number of thiophene rings is 1. The van der Waals surface area contributed by atoms with Crippen molar-refractivity contribution in [2.45, 2.75) is 12.7 Å². The first-order valence-corrected chi connectivity index (χ1v) is 7.27. The van der Waals surface area contributed by atoms with Gasteiger partial charge in [0.2, 0.25) is 0 Å². The van der Waals surface area contributed by atoms with Crippen LogP contribution < -0.4 is 5.32 Å². The molecule has 1 aromatic heterocycles. The molecular formula is C14H16ClNO2S. The standard InChI is InChI=1S/C14H16ClNO2S/c15-11-3-1-4-12(7-11)16-8-13(17)9-18-10-14-5-2-6-19-14/h1-7,13,16-17H,8-10H2. The van der Waals surface area contributed by atoms with Gasteiger partial charge in [-0.15, -0.1) is 11.3 Å². The van der Waals surface area contributed by atoms with Crippen LogP contribution in [0.2, 0.25) is 5.02 Å². The van der Waals surface area contributed by atoms with Gasteiger partial charge in [0.05, 0.1) is 19.3 Å². The van der Waals surface area contributed by atoms with Gasteiger partial charge >= 0.3 is 0 Å². The molecule has 0 spiro atoms. The smallest absolute Gasteiger partial charge is 0.0945 e. The van der Waals surface area contributed by atoms with Crippen LogP contribution in [-0.4, -0.2) is 24.4 Å². The van der Waals surface area contributed by atoms with Crippen LogP contribution in [0, 0.1) is 0 Å². The van der Waals surface area contributed by atoms with Gasteiger partial charge in [0, 0.05) is 22.1 Å². The molecule has 1 unspecified atom stereocenters. The first-order chi connectivity index (χ1) is 9.24. The normalized spacial score (nSPS) is 12.3. The highest BCUT2D eigenvalue weighted by Gasteiger charge is 2.05. The summed E-state index contributed by atoms with van der Waals surface area (Å²) in [6.07, 6.45) is -0.543. The molecule has 0 amide bonds. The zero-order chi connectivity index (χ0) is 13.5. The monoisotopic (exact) mass is 297 g/mol. The number of anilines is 1. The molecule has 0 bridgehead atoms. The largest absolute Gasteiger partial charge is 0.389 e. The summed E-state index contributed by atoms with van der Waals surface area (Å²) < 4.78 is 5.45. The summed E-state index contributed by atoms with van der Waals surface area (Å²) in [5, 5.41) is 15.6. The van der Waals surface area contributed by atoms with Gasteiger partial charge in [-0.2, -0.15) is 0 Å². The lowest BCUT2D eigenvalue weighted by Gasteiger charge is -2.13. The van der Waals surface area contributed by atoms with Crippen LogP contribution in [0.3, 0.4) is 0 Å². The van der Waals surface area contributed by atoms with Crippen molar-refractivity contribution in [1.82, 2.24) is 0 Å². The Morgan fingerprint density at radius 3 is 2.95 bits per heavy atom. The molecule has 0 aliphatic rings. The van der Waals surface area contributed by atoms with E-state index in [2.05, 4.69) is 5.32 Å². The summed E-state index contributed by atoms with van der Waals surface area (Å²) in [5.41, 5.74) is 0.893. The first-order valence-electron chi connectivity index (χ1n) is 6.01. The molecule has 2 N–H and O–H groups in total. The molecule has 2 rings (SSSR count). The minimum absolute atomic E-state index is 0.311. The number of hydrogen-bond donors (Lipinski definition) is 2. The van der Waals surface area contributed by atoms with Gasteiger partial charge in [-0.25, -0.2) is 0 Å². The Labute approximate surface area is 121 Å². The summed E-state index contributed by atoms with van der Waals surface area (Å²) in [6.45, 7) is 1.29. The third kappa shape index (κ3) is 5.20. The molecule has 0 aliphatic carbocycles. The van der Waals surface area contributed by atoms with Crippen LogP contribution in [0.25, 0.3) is 0 Å². The SMILES string of the molecule is OC(CNc1cccc(Cl)c1)COCc1cccs1. The lowest BCUT2D eigenvalue weighted by molar-refractivity contribution is 0.0359. The predicted molar refractivity (Wildman–Crippen MR) is 79.9 cm³/mol. The molecule has 102 valence electrons. The van der Waals surface area contributed by atoms with E-state index in [9.17, 15) is 5.11 Å². The number of nitrogens with one attached hydrogen (secondary N) is 1. The molecule has 0 aliphatic heterocycles. The quantitative estimate of drug-likeness (QED) is 0.823. The average molecular weight is 298 g/mol. The molecule has 1 atom stereocenters. The molecule has 1 aromatic carbocycles. The van der Waals surface area contributed by atoms with Crippen molar-refractivity contribution in [3.8, 4) is 0 Å². The van der Waals surface area contributed by atoms with Crippen molar-refractivity contribution < 1.29 is 9.84 Å². The van der Waals surface area contributed by atoms with Crippen molar-refractivity contribution in [2.75, 3.05) is 18.5 Å². The van der Waals surface area contributed by atoms with Gasteiger partial charge in [-0.3, -0.25) is 0 Å². The fraction of sp³-hybridized carbons (Fsp3) is 0.286. The minimum atomic E-state index is -0.543. The third-order valence-electron chi connectivity index (χ3n) is 2.50. The van der Waals surface area contributed by atoms with Crippen LogP contribution in [0.1, 0.15) is 4.88 Å². The van der Waals surface area contributed by atoms with E-state index >= 15 is 0 Å². The second-order valence-corrected chi connectivity index (χ2v) is 5.61. The Balaban J connectivity index is 1.65. The van der Waals surface area contributed by atoms with E-state index in [1.54, 1.807) is 11.3 Å². The maximum atomic E-state index is 9.79. The van der Waals surface area contributed by atoms with Gasteiger partial charge in [-0.05, 0) is 29.6 Å². The molecular weight excluding hydrogens is 282 g/mol. The third-order valence-corrected chi connectivity index (χ3v) is 3.59. The van der Waals surface area contributed by atoms with E-state index in [1.165, 1.54) is 0 Å². The Morgan fingerprint density at radius 2 is 2.21 bits per heavy atom. The summed E-state index contributed by atoms with van der Waals surface area (Å²) >= 11 is 7.52. The Hall–Kier alpha value is -1.07. The second kappa shape index (κ2) is 7.50. The molecule has 5 heteroatoms. The number of ether oxygens (including phenoxy) is 1. The van der Waals surface area contributed by atoms with Gasteiger partial charge in [0.25, 0.3) is 0 Å². The van der Waals surface area contributed by atoms with Gasteiger partial charge < -0.3 is 15.2 Å². The molecule has 0 fully saturated rings. The van der Waals surface area contributed by atoms with Gasteiger partial charge in [0.1, 0.15) is 0 Å². The maximum Gasteiger partial charge on any atom is 0.0945 e. The number of halogens is 1. The van der Waals surface area contributed by atoms with Crippen molar-refractivity contribution >= 4 is 28.6 Å². The summed E-state index contributed by atoms with van der Waals surface area (Å²) in [5.74, 6) is 0. The van der Waals surface area contributed by atoms with Gasteiger partial charge in [-0.1, -0.05) is 23.7 Å². The number of hydrogen-bond acceptors (Lipinski definition) is 4. The lowest BCUT2D eigenvalue weighted by Crippen LogP contribution is -2.24. The Bertz CT molecular complexity index is 490. The first kappa shape index (κ1) is 14.3. The molecule has 2 aromatic rings. The van der Waals surface area contributed by atoms with Crippen LogP contribution in [0.5, 0.6) is 0 Å². The van der Waals surface area contributed by atoms with Crippen molar-refractivity contribution in [3.63, 3.8) is 0 Å². The Kier molecular flexibility index (Phi) is 5.66. The topological polar surface area (TPSA) is 41.5 Å². The summed E-state index contributed by atoms with van der Waals surface area (Å²) in [4.78, 5) is 1.16. The molecule has 3 nitrogen and oxygen atoms in total. The number of aliphatic hydroxyl groups is 1. The van der Waals surface area contributed by atoms with Crippen LogP contribution in [0.15, 0.2) is 41.8 Å². The number of aliphatic hydroxyl groups excluding tert-OH is 1. The molecule has 1 heterocycles. The average Bonchev–Trinajstić information content (AvgIpc) is 2.90. The second-order valence-electron chi connectivity index (χ2n) is 4.14. The van der Waals surface area contributed by atoms with Crippen molar-refractivity contribution in [1.29, 1.82) is 0 Å². The summed E-state index contributed by atoms with van der Waals surface area (Å²) in [7, 11) is 0. The highest BCUT2D eigenvalue weighted by Crippen LogP contribution is 2.14. The van der Waals surface area contributed by atoms with Crippen molar-refractivity contribution in [2.24, 2.45) is 0 Å². The number of benzene rings is 1. The zero-order valence-electron chi connectivity index (χ0n) is 10.4. The predicted octanol–water partition coefficient (Wildman–Crippen LogP) is 3.39. The van der Waals surface area contributed by atoms with E-state index < -0.39 is 6.10 Å². The van der Waals surface area contributed by atoms with Crippen LogP contribution in [-0.2, 0) is 11.3 Å². The van der Waals surface area contributed by atoms with E-state index in [4.69, 9.17) is 16.3 Å². The number of rotatable bonds is 7. The molecule has 0 saturated carbocycles.